The summed E-state index contributed by atoms with van der Waals surface area (Å²) in [7, 11) is 0. The van der Waals surface area contributed by atoms with Gasteiger partial charge in [0.25, 0.3) is 0 Å². The van der Waals surface area contributed by atoms with Crippen LogP contribution in [0.5, 0.6) is 5.75 Å². The number of carbonyl (C=O) groups excluding carboxylic acids is 1. The summed E-state index contributed by atoms with van der Waals surface area (Å²) in [4.78, 5) is 17.3. The molecule has 148 valence electrons. The lowest BCUT2D eigenvalue weighted by Crippen LogP contribution is -2.30. The molecule has 0 aliphatic carbocycles. The standard InChI is InChI=1S/C22H32N2O3/c1-3-22(4-2)11-20(27-21(22)26)9-10-23-12-16-14-24(15-17(16)13-23)18-5-7-19(25)8-6-18/h5-8,16-17,20,25H,3-4,9-15H2,1-2H3/t16?,17?,20-/m1/s1. The molecular formula is C22H32N2O3. The molecule has 0 radical (unpaired) electrons. The van der Waals surface area contributed by atoms with Gasteiger partial charge in [-0.1, -0.05) is 13.8 Å². The summed E-state index contributed by atoms with van der Waals surface area (Å²) in [6.45, 7) is 9.73. The molecule has 0 amide bonds. The number of likely N-dealkylation sites (tertiary alicyclic amines) is 1. The summed E-state index contributed by atoms with van der Waals surface area (Å²) < 4.78 is 5.70. The number of esters is 1. The summed E-state index contributed by atoms with van der Waals surface area (Å²) in [5.41, 5.74) is 0.985. The zero-order valence-electron chi connectivity index (χ0n) is 16.6. The van der Waals surface area contributed by atoms with Gasteiger partial charge in [0, 0.05) is 44.8 Å². The Labute approximate surface area is 162 Å². The van der Waals surface area contributed by atoms with Gasteiger partial charge in [-0.05, 0) is 55.4 Å². The van der Waals surface area contributed by atoms with Crippen LogP contribution >= 0.6 is 0 Å². The first-order valence-corrected chi connectivity index (χ1v) is 10.5. The Morgan fingerprint density at radius 2 is 1.70 bits per heavy atom. The third kappa shape index (κ3) is 3.54. The van der Waals surface area contributed by atoms with Crippen molar-refractivity contribution >= 4 is 11.7 Å². The van der Waals surface area contributed by atoms with Gasteiger partial charge in [-0.3, -0.25) is 4.79 Å². The summed E-state index contributed by atoms with van der Waals surface area (Å²) in [6.07, 6.45) is 3.74. The van der Waals surface area contributed by atoms with Crippen LogP contribution in [0.2, 0.25) is 0 Å². The van der Waals surface area contributed by atoms with Crippen molar-refractivity contribution in [1.82, 2.24) is 4.90 Å². The van der Waals surface area contributed by atoms with Gasteiger partial charge in [0.2, 0.25) is 0 Å². The van der Waals surface area contributed by atoms with Crippen molar-refractivity contribution in [3.05, 3.63) is 24.3 Å². The Hall–Kier alpha value is -1.75. The van der Waals surface area contributed by atoms with Gasteiger partial charge < -0.3 is 19.6 Å². The molecule has 4 rings (SSSR count). The number of carbonyl (C=O) groups is 1. The number of fused-ring (bicyclic) bond motifs is 1. The zero-order chi connectivity index (χ0) is 19.0. The van der Waals surface area contributed by atoms with Crippen molar-refractivity contribution in [1.29, 1.82) is 0 Å². The van der Waals surface area contributed by atoms with Gasteiger partial charge in [-0.2, -0.15) is 0 Å². The number of cyclic esters (lactones) is 1. The monoisotopic (exact) mass is 372 g/mol. The molecule has 1 aromatic carbocycles. The van der Waals surface area contributed by atoms with E-state index < -0.39 is 0 Å². The maximum Gasteiger partial charge on any atom is 0.312 e. The second-order valence-electron chi connectivity index (χ2n) is 8.71. The van der Waals surface area contributed by atoms with Gasteiger partial charge in [0.05, 0.1) is 5.41 Å². The number of hydrogen-bond acceptors (Lipinski definition) is 5. The van der Waals surface area contributed by atoms with Crippen molar-refractivity contribution in [2.75, 3.05) is 37.6 Å². The predicted octanol–water partition coefficient (Wildman–Crippen LogP) is 3.27. The van der Waals surface area contributed by atoms with Crippen LogP contribution in [0.4, 0.5) is 5.69 Å². The molecule has 1 N–H and O–H groups in total. The molecule has 5 heteroatoms. The minimum Gasteiger partial charge on any atom is -0.508 e. The van der Waals surface area contributed by atoms with E-state index in [2.05, 4.69) is 23.6 Å². The molecule has 1 aromatic rings. The quantitative estimate of drug-likeness (QED) is 0.777. The fourth-order valence-electron chi connectivity index (χ4n) is 5.30. The highest BCUT2D eigenvalue weighted by molar-refractivity contribution is 5.78. The Morgan fingerprint density at radius 1 is 1.07 bits per heavy atom. The normalized spacial score (nSPS) is 29.9. The van der Waals surface area contributed by atoms with E-state index in [1.807, 2.05) is 12.1 Å². The molecule has 0 aromatic heterocycles. The highest BCUT2D eigenvalue weighted by atomic mass is 16.6. The van der Waals surface area contributed by atoms with Crippen LogP contribution in [0.15, 0.2) is 24.3 Å². The van der Waals surface area contributed by atoms with Gasteiger partial charge in [-0.25, -0.2) is 0 Å². The summed E-state index contributed by atoms with van der Waals surface area (Å²) >= 11 is 0. The predicted molar refractivity (Wildman–Crippen MR) is 106 cm³/mol. The van der Waals surface area contributed by atoms with E-state index in [4.69, 9.17) is 4.74 Å². The SMILES string of the molecule is CCC1(CC)C[C@@H](CCN2CC3CN(c4ccc(O)cc4)CC3C2)OC1=O. The number of anilines is 1. The van der Waals surface area contributed by atoms with Crippen molar-refractivity contribution in [2.24, 2.45) is 17.3 Å². The molecule has 3 atom stereocenters. The maximum absolute atomic E-state index is 12.3. The number of benzene rings is 1. The molecule has 3 aliphatic rings. The van der Waals surface area contributed by atoms with Crippen molar-refractivity contribution in [3.63, 3.8) is 0 Å². The molecule has 3 heterocycles. The fourth-order valence-corrected chi connectivity index (χ4v) is 5.30. The van der Waals surface area contributed by atoms with E-state index in [-0.39, 0.29) is 17.5 Å². The number of aromatic hydroxyl groups is 1. The van der Waals surface area contributed by atoms with Gasteiger partial charge >= 0.3 is 5.97 Å². The van der Waals surface area contributed by atoms with E-state index in [0.29, 0.717) is 5.75 Å². The number of phenolic OH excluding ortho intramolecular Hbond substituents is 1. The van der Waals surface area contributed by atoms with Crippen LogP contribution in [0.1, 0.15) is 39.5 Å². The smallest absolute Gasteiger partial charge is 0.312 e. The highest BCUT2D eigenvalue weighted by Gasteiger charge is 2.46. The molecule has 0 bridgehead atoms. The van der Waals surface area contributed by atoms with Crippen LogP contribution in [0.3, 0.4) is 0 Å². The van der Waals surface area contributed by atoms with Crippen LogP contribution < -0.4 is 4.90 Å². The minimum atomic E-state index is -0.225. The fraction of sp³-hybridized carbons (Fsp3) is 0.682. The Bertz CT molecular complexity index is 657. The average Bonchev–Trinajstić information content (AvgIpc) is 3.32. The Morgan fingerprint density at radius 3 is 2.26 bits per heavy atom. The second-order valence-corrected chi connectivity index (χ2v) is 8.71. The van der Waals surface area contributed by atoms with E-state index in [1.54, 1.807) is 12.1 Å². The first-order valence-electron chi connectivity index (χ1n) is 10.5. The van der Waals surface area contributed by atoms with Crippen molar-refractivity contribution < 1.29 is 14.6 Å². The number of rotatable bonds is 6. The molecule has 2 unspecified atom stereocenters. The molecule has 3 saturated heterocycles. The van der Waals surface area contributed by atoms with E-state index in [0.717, 1.165) is 70.2 Å². The first kappa shape index (κ1) is 18.6. The van der Waals surface area contributed by atoms with Crippen LogP contribution in [0.25, 0.3) is 0 Å². The summed E-state index contributed by atoms with van der Waals surface area (Å²) in [5, 5.41) is 9.47. The Kier molecular flexibility index (Phi) is 5.06. The number of phenols is 1. The van der Waals surface area contributed by atoms with Crippen LogP contribution in [-0.2, 0) is 9.53 Å². The van der Waals surface area contributed by atoms with Crippen LogP contribution in [0, 0.1) is 17.3 Å². The molecule has 5 nitrogen and oxygen atoms in total. The van der Waals surface area contributed by atoms with E-state index in [1.165, 1.54) is 5.69 Å². The third-order valence-electron chi connectivity index (χ3n) is 7.22. The lowest BCUT2D eigenvalue weighted by molar-refractivity contribution is -0.149. The largest absolute Gasteiger partial charge is 0.508 e. The topological polar surface area (TPSA) is 53.0 Å². The van der Waals surface area contributed by atoms with Gasteiger partial charge in [0.1, 0.15) is 11.9 Å². The molecule has 27 heavy (non-hydrogen) atoms. The van der Waals surface area contributed by atoms with Crippen molar-refractivity contribution in [3.8, 4) is 5.75 Å². The van der Waals surface area contributed by atoms with Crippen LogP contribution in [-0.4, -0.2) is 54.8 Å². The summed E-state index contributed by atoms with van der Waals surface area (Å²) in [5.74, 6) is 1.79. The van der Waals surface area contributed by atoms with E-state index in [9.17, 15) is 9.90 Å². The zero-order valence-corrected chi connectivity index (χ0v) is 16.6. The lowest BCUT2D eigenvalue weighted by atomic mass is 9.79. The molecule has 0 spiro atoms. The molecule has 3 aliphatic heterocycles. The van der Waals surface area contributed by atoms with Gasteiger partial charge in [0.15, 0.2) is 0 Å². The van der Waals surface area contributed by atoms with Crippen molar-refractivity contribution in [2.45, 2.75) is 45.6 Å². The summed E-state index contributed by atoms with van der Waals surface area (Å²) in [6, 6.07) is 7.56. The minimum absolute atomic E-state index is 0.0281. The average molecular weight is 373 g/mol. The first-order chi connectivity index (χ1) is 13.0. The third-order valence-corrected chi connectivity index (χ3v) is 7.22. The maximum atomic E-state index is 12.3. The molecule has 0 saturated carbocycles. The molecular weight excluding hydrogens is 340 g/mol. The number of hydrogen-bond donors (Lipinski definition) is 1. The van der Waals surface area contributed by atoms with E-state index >= 15 is 0 Å². The highest BCUT2D eigenvalue weighted by Crippen LogP contribution is 2.41. The van der Waals surface area contributed by atoms with Gasteiger partial charge in [-0.15, -0.1) is 0 Å². The Balaban J connectivity index is 1.25. The molecule has 3 fully saturated rings. The second kappa shape index (κ2) is 7.34. The number of ether oxygens (including phenoxy) is 1. The number of nitrogens with zero attached hydrogens (tertiary/aromatic N) is 2. The lowest BCUT2D eigenvalue weighted by Gasteiger charge is -2.24.